The van der Waals surface area contributed by atoms with Gasteiger partial charge in [0.2, 0.25) is 5.91 Å². The summed E-state index contributed by atoms with van der Waals surface area (Å²) in [7, 11) is 5.07. The lowest BCUT2D eigenvalue weighted by atomic mass is 10.1. The third kappa shape index (κ3) is 5.93. The molecule has 2 aromatic rings. The molecule has 0 spiro atoms. The number of hydrogen-bond donors (Lipinski definition) is 0. The van der Waals surface area contributed by atoms with Crippen molar-refractivity contribution in [3.05, 3.63) is 59.4 Å². The highest BCUT2D eigenvalue weighted by Crippen LogP contribution is 2.21. The fourth-order valence-corrected chi connectivity index (χ4v) is 3.62. The Morgan fingerprint density at radius 3 is 2.30 bits per heavy atom. The number of likely N-dealkylation sites (N-methyl/N-ethyl adjacent to an activating group) is 1. The molecule has 0 unspecified atom stereocenters. The van der Waals surface area contributed by atoms with Crippen LogP contribution in [0.25, 0.3) is 0 Å². The van der Waals surface area contributed by atoms with E-state index in [0.29, 0.717) is 25.4 Å². The Hall–Kier alpha value is -2.64. The minimum absolute atomic E-state index is 0.103. The van der Waals surface area contributed by atoms with Gasteiger partial charge in [0.15, 0.2) is 0 Å². The molecule has 0 atom stereocenters. The Morgan fingerprint density at radius 1 is 1.00 bits per heavy atom. The van der Waals surface area contributed by atoms with Crippen molar-refractivity contribution in [2.75, 3.05) is 54.0 Å². The summed E-state index contributed by atoms with van der Waals surface area (Å²) in [5.41, 5.74) is 1.92. The molecule has 3 rings (SSSR count). The van der Waals surface area contributed by atoms with Crippen LogP contribution in [0, 0.1) is 5.82 Å². The lowest BCUT2D eigenvalue weighted by Crippen LogP contribution is -2.49. The molecule has 2 aromatic carbocycles. The fourth-order valence-electron chi connectivity index (χ4n) is 3.62. The van der Waals surface area contributed by atoms with E-state index in [0.717, 1.165) is 43.1 Å². The van der Waals surface area contributed by atoms with Crippen molar-refractivity contribution in [1.29, 1.82) is 0 Å². The number of nitrogens with zero attached hydrogens (tertiary/aromatic N) is 3. The SMILES string of the molecule is COc1ccc(CN(C)C(=O)CN2CCN(Cc3cc(F)ccc3OC)CC2)cc1. The zero-order valence-corrected chi connectivity index (χ0v) is 17.9. The van der Waals surface area contributed by atoms with Gasteiger partial charge in [0.1, 0.15) is 17.3 Å². The van der Waals surface area contributed by atoms with Crippen LogP contribution in [-0.2, 0) is 17.9 Å². The number of hydrogen-bond acceptors (Lipinski definition) is 5. The maximum atomic E-state index is 13.6. The minimum atomic E-state index is -0.255. The first kappa shape index (κ1) is 22.1. The standard InChI is InChI=1S/C23H30FN3O3/c1-25(15-18-4-7-21(29-2)8-5-18)23(28)17-27-12-10-26(11-13-27)16-19-14-20(24)6-9-22(19)30-3/h4-9,14H,10-13,15-17H2,1-3H3. The molecule has 7 heteroatoms. The third-order valence-corrected chi connectivity index (χ3v) is 5.46. The Balaban J connectivity index is 1.45. The summed E-state index contributed by atoms with van der Waals surface area (Å²) >= 11 is 0. The van der Waals surface area contributed by atoms with Gasteiger partial charge in [0.05, 0.1) is 20.8 Å². The maximum absolute atomic E-state index is 13.6. The van der Waals surface area contributed by atoms with Crippen LogP contribution in [0.3, 0.4) is 0 Å². The highest BCUT2D eigenvalue weighted by Gasteiger charge is 2.21. The molecule has 30 heavy (non-hydrogen) atoms. The first-order chi connectivity index (χ1) is 14.5. The maximum Gasteiger partial charge on any atom is 0.236 e. The summed E-state index contributed by atoms with van der Waals surface area (Å²) in [5, 5.41) is 0. The molecule has 0 aromatic heterocycles. The molecule has 6 nitrogen and oxygen atoms in total. The van der Waals surface area contributed by atoms with Gasteiger partial charge >= 0.3 is 0 Å². The van der Waals surface area contributed by atoms with Gasteiger partial charge in [-0.2, -0.15) is 0 Å². The van der Waals surface area contributed by atoms with Crippen molar-refractivity contribution in [3.63, 3.8) is 0 Å². The quantitative estimate of drug-likeness (QED) is 0.663. The van der Waals surface area contributed by atoms with Crippen molar-refractivity contribution in [2.24, 2.45) is 0 Å². The van der Waals surface area contributed by atoms with Crippen molar-refractivity contribution in [1.82, 2.24) is 14.7 Å². The molecular formula is C23H30FN3O3. The third-order valence-electron chi connectivity index (χ3n) is 5.46. The number of ether oxygens (including phenoxy) is 2. The minimum Gasteiger partial charge on any atom is -0.497 e. The van der Waals surface area contributed by atoms with E-state index in [2.05, 4.69) is 9.80 Å². The van der Waals surface area contributed by atoms with Crippen LogP contribution in [0.1, 0.15) is 11.1 Å². The largest absolute Gasteiger partial charge is 0.497 e. The summed E-state index contributed by atoms with van der Waals surface area (Å²) in [5.74, 6) is 1.36. The molecule has 1 heterocycles. The second kappa shape index (κ2) is 10.4. The van der Waals surface area contributed by atoms with Crippen LogP contribution in [-0.4, -0.2) is 74.6 Å². The molecule has 1 aliphatic rings. The summed E-state index contributed by atoms with van der Waals surface area (Å²) in [4.78, 5) is 18.8. The van der Waals surface area contributed by atoms with Crippen LogP contribution in [0.15, 0.2) is 42.5 Å². The number of amides is 1. The molecule has 0 radical (unpaired) electrons. The zero-order valence-electron chi connectivity index (χ0n) is 17.9. The lowest BCUT2D eigenvalue weighted by molar-refractivity contribution is -0.132. The van der Waals surface area contributed by atoms with E-state index in [9.17, 15) is 9.18 Å². The number of rotatable bonds is 8. The topological polar surface area (TPSA) is 45.2 Å². The zero-order chi connectivity index (χ0) is 21.5. The van der Waals surface area contributed by atoms with Crippen molar-refractivity contribution in [2.45, 2.75) is 13.1 Å². The van der Waals surface area contributed by atoms with Gasteiger partial charge in [-0.15, -0.1) is 0 Å². The summed E-state index contributed by atoms with van der Waals surface area (Å²) in [6.45, 7) is 4.88. The van der Waals surface area contributed by atoms with E-state index in [-0.39, 0.29) is 11.7 Å². The normalized spacial score (nSPS) is 15.1. The van der Waals surface area contributed by atoms with Crippen LogP contribution in [0.5, 0.6) is 11.5 Å². The summed E-state index contributed by atoms with van der Waals surface area (Å²) in [6, 6.07) is 12.4. The number of carbonyl (C=O) groups is 1. The highest BCUT2D eigenvalue weighted by molar-refractivity contribution is 5.78. The van der Waals surface area contributed by atoms with Gasteiger partial charge in [0, 0.05) is 51.9 Å². The van der Waals surface area contributed by atoms with E-state index in [1.165, 1.54) is 12.1 Å². The van der Waals surface area contributed by atoms with Gasteiger partial charge < -0.3 is 14.4 Å². The number of piperazine rings is 1. The first-order valence-corrected chi connectivity index (χ1v) is 10.1. The van der Waals surface area contributed by atoms with Gasteiger partial charge in [-0.05, 0) is 35.9 Å². The monoisotopic (exact) mass is 415 g/mol. The Kier molecular flexibility index (Phi) is 7.65. The number of benzene rings is 2. The number of carbonyl (C=O) groups excluding carboxylic acids is 1. The second-order valence-corrected chi connectivity index (χ2v) is 7.61. The van der Waals surface area contributed by atoms with E-state index < -0.39 is 0 Å². The first-order valence-electron chi connectivity index (χ1n) is 10.1. The van der Waals surface area contributed by atoms with Crippen LogP contribution < -0.4 is 9.47 Å². The number of halogens is 1. The lowest BCUT2D eigenvalue weighted by Gasteiger charge is -2.35. The molecular weight excluding hydrogens is 385 g/mol. The van der Waals surface area contributed by atoms with E-state index in [4.69, 9.17) is 9.47 Å². The van der Waals surface area contributed by atoms with Gasteiger partial charge in [-0.1, -0.05) is 12.1 Å². The Morgan fingerprint density at radius 2 is 1.67 bits per heavy atom. The predicted octanol–water partition coefficient (Wildman–Crippen LogP) is 2.62. The second-order valence-electron chi connectivity index (χ2n) is 7.61. The van der Waals surface area contributed by atoms with Crippen molar-refractivity contribution >= 4 is 5.91 Å². The Labute approximate surface area is 177 Å². The average Bonchev–Trinajstić information content (AvgIpc) is 2.76. The molecule has 1 saturated heterocycles. The van der Waals surface area contributed by atoms with E-state index in [1.807, 2.05) is 31.3 Å². The van der Waals surface area contributed by atoms with E-state index in [1.54, 1.807) is 25.2 Å². The number of methoxy groups -OCH3 is 2. The van der Waals surface area contributed by atoms with Gasteiger partial charge in [0.25, 0.3) is 0 Å². The predicted molar refractivity (Wildman–Crippen MR) is 114 cm³/mol. The van der Waals surface area contributed by atoms with Gasteiger partial charge in [-0.3, -0.25) is 14.6 Å². The molecule has 0 aliphatic carbocycles. The molecule has 0 saturated carbocycles. The summed E-state index contributed by atoms with van der Waals surface area (Å²) in [6.07, 6.45) is 0. The van der Waals surface area contributed by atoms with Crippen LogP contribution in [0.4, 0.5) is 4.39 Å². The molecule has 0 bridgehead atoms. The molecule has 1 fully saturated rings. The molecule has 1 aliphatic heterocycles. The van der Waals surface area contributed by atoms with Gasteiger partial charge in [-0.25, -0.2) is 4.39 Å². The molecule has 0 N–H and O–H groups in total. The average molecular weight is 416 g/mol. The van der Waals surface area contributed by atoms with Crippen molar-refractivity contribution in [3.8, 4) is 11.5 Å². The molecule has 162 valence electrons. The van der Waals surface area contributed by atoms with E-state index >= 15 is 0 Å². The fraction of sp³-hybridized carbons (Fsp3) is 0.435. The Bertz CT molecular complexity index is 836. The highest BCUT2D eigenvalue weighted by atomic mass is 19.1. The smallest absolute Gasteiger partial charge is 0.236 e. The van der Waals surface area contributed by atoms with Crippen molar-refractivity contribution < 1.29 is 18.7 Å². The summed E-state index contributed by atoms with van der Waals surface area (Å²) < 4.78 is 24.1. The van der Waals surface area contributed by atoms with Crippen LogP contribution in [0.2, 0.25) is 0 Å². The van der Waals surface area contributed by atoms with Crippen LogP contribution >= 0.6 is 0 Å². The molecule has 1 amide bonds.